The van der Waals surface area contributed by atoms with Crippen LogP contribution in [-0.4, -0.2) is 57.2 Å². The summed E-state index contributed by atoms with van der Waals surface area (Å²) in [5, 5.41) is 13.9. The summed E-state index contributed by atoms with van der Waals surface area (Å²) in [6, 6.07) is 8.49. The van der Waals surface area contributed by atoms with Crippen molar-refractivity contribution in [1.29, 1.82) is 0 Å². The molecular formula is C18H28N4O2. The van der Waals surface area contributed by atoms with E-state index in [0.717, 1.165) is 43.0 Å². The number of nitrogens with one attached hydrogen (secondary N) is 3. The average Bonchev–Trinajstić information content (AvgIpc) is 3.07. The van der Waals surface area contributed by atoms with Crippen LogP contribution in [0.2, 0.25) is 0 Å². The molecule has 0 saturated carbocycles. The highest BCUT2D eigenvalue weighted by atomic mass is 16.5. The Morgan fingerprint density at radius 3 is 2.62 bits per heavy atom. The lowest BCUT2D eigenvalue weighted by Crippen LogP contribution is -2.36. The second-order valence-corrected chi connectivity index (χ2v) is 5.74. The highest BCUT2D eigenvalue weighted by molar-refractivity contribution is 5.63. The van der Waals surface area contributed by atoms with E-state index >= 15 is 0 Å². The molecule has 0 aliphatic carbocycles. The van der Waals surface area contributed by atoms with Gasteiger partial charge in [-0.15, -0.1) is 0 Å². The molecule has 132 valence electrons. The van der Waals surface area contributed by atoms with Crippen LogP contribution in [0.25, 0.3) is 11.3 Å². The summed E-state index contributed by atoms with van der Waals surface area (Å²) < 4.78 is 10.7. The summed E-state index contributed by atoms with van der Waals surface area (Å²) in [7, 11) is 5.65. The quantitative estimate of drug-likeness (QED) is 0.548. The van der Waals surface area contributed by atoms with E-state index in [-0.39, 0.29) is 0 Å². The summed E-state index contributed by atoms with van der Waals surface area (Å²) in [4.78, 5) is 0. The van der Waals surface area contributed by atoms with Gasteiger partial charge in [0.2, 0.25) is 0 Å². The van der Waals surface area contributed by atoms with Crippen molar-refractivity contribution in [3.8, 4) is 17.0 Å². The van der Waals surface area contributed by atoms with E-state index in [9.17, 15) is 0 Å². The van der Waals surface area contributed by atoms with Gasteiger partial charge in [-0.3, -0.25) is 5.10 Å². The van der Waals surface area contributed by atoms with Crippen LogP contribution in [0, 0.1) is 0 Å². The second kappa shape index (κ2) is 10.1. The minimum absolute atomic E-state index is 0.370. The molecule has 6 nitrogen and oxygen atoms in total. The van der Waals surface area contributed by atoms with E-state index in [1.54, 1.807) is 7.11 Å². The molecule has 0 aliphatic heterocycles. The van der Waals surface area contributed by atoms with Crippen LogP contribution in [0.3, 0.4) is 0 Å². The number of aromatic amines is 1. The van der Waals surface area contributed by atoms with Crippen molar-refractivity contribution in [1.82, 2.24) is 20.8 Å². The van der Waals surface area contributed by atoms with Gasteiger partial charge in [-0.05, 0) is 50.3 Å². The van der Waals surface area contributed by atoms with Crippen molar-refractivity contribution >= 4 is 0 Å². The lowest BCUT2D eigenvalue weighted by Gasteiger charge is -2.15. The molecule has 2 rings (SSSR count). The molecule has 0 amide bonds. The largest absolute Gasteiger partial charge is 0.494 e. The number of aromatic nitrogens is 2. The van der Waals surface area contributed by atoms with E-state index in [2.05, 4.69) is 33.0 Å². The molecule has 0 saturated heterocycles. The molecule has 0 radical (unpaired) electrons. The number of likely N-dealkylation sites (N-methyl/N-ethyl adjacent to an activating group) is 2. The Hall–Kier alpha value is -1.89. The summed E-state index contributed by atoms with van der Waals surface area (Å²) >= 11 is 0. The minimum Gasteiger partial charge on any atom is -0.494 e. The molecule has 0 bridgehead atoms. The molecule has 3 N–H and O–H groups in total. The molecular weight excluding hydrogens is 304 g/mol. The first-order valence-corrected chi connectivity index (χ1v) is 8.34. The smallest absolute Gasteiger partial charge is 0.119 e. The highest BCUT2D eigenvalue weighted by Gasteiger charge is 2.13. The first-order chi connectivity index (χ1) is 11.8. The van der Waals surface area contributed by atoms with Crippen molar-refractivity contribution in [2.24, 2.45) is 0 Å². The van der Waals surface area contributed by atoms with Gasteiger partial charge in [0.15, 0.2) is 0 Å². The van der Waals surface area contributed by atoms with Crippen molar-refractivity contribution in [3.05, 3.63) is 36.0 Å². The molecule has 1 atom stereocenters. The monoisotopic (exact) mass is 332 g/mol. The van der Waals surface area contributed by atoms with Crippen LogP contribution in [0.4, 0.5) is 0 Å². The van der Waals surface area contributed by atoms with Gasteiger partial charge in [-0.1, -0.05) is 0 Å². The molecule has 1 aromatic heterocycles. The van der Waals surface area contributed by atoms with Crippen LogP contribution in [0.15, 0.2) is 30.5 Å². The topological polar surface area (TPSA) is 71.2 Å². The number of H-pyrrole nitrogens is 1. The van der Waals surface area contributed by atoms with Gasteiger partial charge in [-0.2, -0.15) is 5.10 Å². The number of hydrogen-bond donors (Lipinski definition) is 3. The Bertz CT molecular complexity index is 583. The second-order valence-electron chi connectivity index (χ2n) is 5.74. The molecule has 0 spiro atoms. The summed E-state index contributed by atoms with van der Waals surface area (Å²) in [6.07, 6.45) is 3.71. The van der Waals surface area contributed by atoms with Gasteiger partial charge in [0.1, 0.15) is 5.75 Å². The predicted molar refractivity (Wildman–Crippen MR) is 96.5 cm³/mol. The van der Waals surface area contributed by atoms with Gasteiger partial charge in [0.05, 0.1) is 18.5 Å². The molecule has 1 heterocycles. The van der Waals surface area contributed by atoms with Gasteiger partial charge in [0.25, 0.3) is 0 Å². The Kier molecular flexibility index (Phi) is 7.74. The van der Waals surface area contributed by atoms with Gasteiger partial charge in [0, 0.05) is 38.3 Å². The fraction of sp³-hybridized carbons (Fsp3) is 0.500. The number of nitrogens with zero attached hydrogens (tertiary/aromatic N) is 1. The summed E-state index contributed by atoms with van der Waals surface area (Å²) in [6.45, 7) is 2.29. The van der Waals surface area contributed by atoms with Crippen molar-refractivity contribution in [3.63, 3.8) is 0 Å². The average molecular weight is 332 g/mol. The number of rotatable bonds is 11. The molecule has 2 aromatic rings. The zero-order valence-corrected chi connectivity index (χ0v) is 14.8. The van der Waals surface area contributed by atoms with Crippen LogP contribution in [-0.2, 0) is 11.2 Å². The van der Waals surface area contributed by atoms with E-state index in [1.165, 1.54) is 5.56 Å². The maximum absolute atomic E-state index is 5.70. The van der Waals surface area contributed by atoms with E-state index < -0.39 is 0 Å². The van der Waals surface area contributed by atoms with E-state index in [4.69, 9.17) is 9.47 Å². The van der Waals surface area contributed by atoms with Gasteiger partial charge < -0.3 is 20.1 Å². The van der Waals surface area contributed by atoms with Crippen molar-refractivity contribution < 1.29 is 9.47 Å². The van der Waals surface area contributed by atoms with Crippen molar-refractivity contribution in [2.75, 3.05) is 41.0 Å². The normalized spacial score (nSPS) is 12.3. The van der Waals surface area contributed by atoms with Gasteiger partial charge >= 0.3 is 0 Å². The maximum atomic E-state index is 5.70. The van der Waals surface area contributed by atoms with Crippen LogP contribution in [0.1, 0.15) is 12.0 Å². The first-order valence-electron chi connectivity index (χ1n) is 8.34. The third kappa shape index (κ3) is 5.33. The Morgan fingerprint density at radius 1 is 1.17 bits per heavy atom. The predicted octanol–water partition coefficient (Wildman–Crippen LogP) is 1.84. The van der Waals surface area contributed by atoms with E-state index in [0.29, 0.717) is 12.6 Å². The third-order valence-corrected chi connectivity index (χ3v) is 3.95. The zero-order chi connectivity index (χ0) is 17.2. The Labute approximate surface area is 143 Å². The minimum atomic E-state index is 0.370. The van der Waals surface area contributed by atoms with Crippen LogP contribution >= 0.6 is 0 Å². The molecule has 0 aliphatic rings. The summed E-state index contributed by atoms with van der Waals surface area (Å²) in [5.41, 5.74) is 3.39. The fourth-order valence-corrected chi connectivity index (χ4v) is 2.62. The zero-order valence-electron chi connectivity index (χ0n) is 14.8. The van der Waals surface area contributed by atoms with E-state index in [1.807, 2.05) is 32.4 Å². The molecule has 1 aromatic carbocycles. The maximum Gasteiger partial charge on any atom is 0.119 e. The number of hydrogen-bond acceptors (Lipinski definition) is 5. The molecule has 1 unspecified atom stereocenters. The van der Waals surface area contributed by atoms with Crippen molar-refractivity contribution in [2.45, 2.75) is 18.9 Å². The van der Waals surface area contributed by atoms with Crippen LogP contribution in [0.5, 0.6) is 5.75 Å². The first kappa shape index (κ1) is 18.4. The molecule has 0 fully saturated rings. The highest BCUT2D eigenvalue weighted by Crippen LogP contribution is 2.24. The number of methoxy groups -OCH3 is 1. The Balaban J connectivity index is 2.00. The van der Waals surface area contributed by atoms with Gasteiger partial charge in [-0.25, -0.2) is 0 Å². The molecule has 24 heavy (non-hydrogen) atoms. The number of benzene rings is 1. The SMILES string of the molecule is CNCC(Cc1cn[nH]c1-c1ccc(OCCCOC)cc1)NC. The standard InChI is InChI=1S/C18H28N4O2/c1-19-13-16(20-2)11-15-12-21-22-18(15)14-5-7-17(8-6-14)24-10-4-9-23-3/h5-8,12,16,19-20H,4,9-11,13H2,1-3H3,(H,21,22). The van der Waals surface area contributed by atoms with Crippen LogP contribution < -0.4 is 15.4 Å². The lowest BCUT2D eigenvalue weighted by atomic mass is 10.0. The molecule has 6 heteroatoms. The number of ether oxygens (including phenoxy) is 2. The lowest BCUT2D eigenvalue weighted by molar-refractivity contribution is 0.172. The third-order valence-electron chi connectivity index (χ3n) is 3.95. The summed E-state index contributed by atoms with van der Waals surface area (Å²) in [5.74, 6) is 0.874. The Morgan fingerprint density at radius 2 is 1.96 bits per heavy atom. The fourth-order valence-electron chi connectivity index (χ4n) is 2.62.